The zero-order valence-electron chi connectivity index (χ0n) is 5.97. The Balaban J connectivity index is 1.99. The number of aliphatic imine (C=N–C) groups is 1. The van der Waals surface area contributed by atoms with Crippen LogP contribution in [0.4, 0.5) is 0 Å². The Morgan fingerprint density at radius 2 is 2.58 bits per heavy atom. The first kappa shape index (κ1) is 9.05. The third-order valence-corrected chi connectivity index (χ3v) is 5.47. The molecule has 0 aliphatic carbocycles. The smallest absolute Gasteiger partial charge is 0.143 e. The normalized spacial score (nSPS) is 28.7. The van der Waals surface area contributed by atoms with Crippen LogP contribution in [-0.2, 0) is 0 Å². The molecule has 2 heterocycles. The first-order valence-corrected chi connectivity index (χ1v) is 6.84. The third-order valence-electron chi connectivity index (χ3n) is 1.21. The van der Waals surface area contributed by atoms with Crippen molar-refractivity contribution in [2.75, 3.05) is 5.88 Å². The molecule has 0 amide bonds. The topological polar surface area (TPSA) is 24.7 Å². The molecule has 2 nitrogen and oxygen atoms in total. The van der Waals surface area contributed by atoms with Crippen LogP contribution in [0.1, 0.15) is 0 Å². The maximum atomic E-state index is 4.14. The van der Waals surface area contributed by atoms with Gasteiger partial charge in [-0.3, -0.25) is 4.99 Å². The molecule has 0 saturated carbocycles. The molecule has 0 bridgehead atoms. The summed E-state index contributed by atoms with van der Waals surface area (Å²) in [6.07, 6.45) is 0. The fraction of sp³-hybridized carbons (Fsp3) is 0.333. The molecule has 12 heavy (non-hydrogen) atoms. The van der Waals surface area contributed by atoms with Gasteiger partial charge in [-0.1, -0.05) is 23.5 Å². The molecule has 0 aromatic carbocycles. The van der Waals surface area contributed by atoms with Gasteiger partial charge < -0.3 is 0 Å². The Labute approximate surface area is 88.3 Å². The minimum atomic E-state index is 0.503. The summed E-state index contributed by atoms with van der Waals surface area (Å²) in [6, 6.07) is 0. The predicted octanol–water partition coefficient (Wildman–Crippen LogP) is 2.92. The molecule has 0 spiro atoms. The van der Waals surface area contributed by atoms with E-state index in [0.29, 0.717) is 4.58 Å². The maximum absolute atomic E-state index is 4.14. The molecule has 0 saturated heterocycles. The molecule has 0 fully saturated rings. The standard InChI is InChI=1S/C6H5N2S4/c1-5(9-4-8-12-1)6-10-2-7-3-11-6/h1-2,6H,3H2. The molecule has 0 aromatic rings. The summed E-state index contributed by atoms with van der Waals surface area (Å²) in [5.41, 5.74) is 4.83. The van der Waals surface area contributed by atoms with Crippen molar-refractivity contribution in [3.63, 3.8) is 0 Å². The number of hydrogen-bond acceptors (Lipinski definition) is 6. The average Bonchev–Trinajstić information content (AvgIpc) is 2.21. The lowest BCUT2D eigenvalue weighted by Crippen LogP contribution is -2.04. The van der Waals surface area contributed by atoms with Crippen LogP contribution in [0, 0.1) is 0 Å². The fourth-order valence-electron chi connectivity index (χ4n) is 0.727. The molecule has 6 heteroatoms. The van der Waals surface area contributed by atoms with Gasteiger partial charge in [0.05, 0.1) is 16.0 Å². The van der Waals surface area contributed by atoms with E-state index in [1.54, 1.807) is 23.5 Å². The molecule has 2 aliphatic rings. The average molecular weight is 233 g/mol. The van der Waals surface area contributed by atoms with E-state index in [-0.39, 0.29) is 0 Å². The van der Waals surface area contributed by atoms with Crippen molar-refractivity contribution in [2.45, 2.75) is 4.58 Å². The highest BCUT2D eigenvalue weighted by Crippen LogP contribution is 2.40. The Morgan fingerprint density at radius 3 is 3.25 bits per heavy atom. The zero-order chi connectivity index (χ0) is 8.23. The first-order valence-electron chi connectivity index (χ1n) is 3.20. The van der Waals surface area contributed by atoms with Gasteiger partial charge in [0.25, 0.3) is 0 Å². The quantitative estimate of drug-likeness (QED) is 0.650. The second kappa shape index (κ2) is 4.64. The van der Waals surface area contributed by atoms with E-state index in [2.05, 4.69) is 20.3 Å². The zero-order valence-corrected chi connectivity index (χ0v) is 9.23. The molecule has 1 radical (unpaired) electrons. The van der Waals surface area contributed by atoms with E-state index in [9.17, 15) is 0 Å². The lowest BCUT2D eigenvalue weighted by Gasteiger charge is -2.18. The van der Waals surface area contributed by atoms with Crippen LogP contribution in [-0.4, -0.2) is 21.6 Å². The molecule has 1 atom stereocenters. The molecular weight excluding hydrogens is 228 g/mol. The second-order valence-corrected chi connectivity index (χ2v) is 5.76. The molecule has 0 N–H and O–H groups in total. The van der Waals surface area contributed by atoms with Gasteiger partial charge in [-0.25, -0.2) is 4.40 Å². The van der Waals surface area contributed by atoms with Crippen LogP contribution in [0.5, 0.6) is 0 Å². The van der Waals surface area contributed by atoms with Gasteiger partial charge in [-0.2, -0.15) is 0 Å². The van der Waals surface area contributed by atoms with Crippen molar-refractivity contribution in [3.8, 4) is 0 Å². The number of hydrogen-bond donors (Lipinski definition) is 0. The van der Waals surface area contributed by atoms with Crippen LogP contribution in [0.3, 0.4) is 0 Å². The van der Waals surface area contributed by atoms with E-state index in [1.165, 1.54) is 16.9 Å². The van der Waals surface area contributed by atoms with Crippen molar-refractivity contribution < 1.29 is 0 Å². The Bertz CT molecular complexity index is 248. The van der Waals surface area contributed by atoms with Crippen LogP contribution in [0.2, 0.25) is 0 Å². The third kappa shape index (κ3) is 2.25. The Hall–Kier alpha value is 0.480. The molecule has 2 rings (SSSR count). The van der Waals surface area contributed by atoms with Gasteiger partial charge >= 0.3 is 0 Å². The molecule has 0 aromatic heterocycles. The van der Waals surface area contributed by atoms with Crippen LogP contribution >= 0.6 is 47.2 Å². The summed E-state index contributed by atoms with van der Waals surface area (Å²) in [6.45, 7) is 0. The summed E-state index contributed by atoms with van der Waals surface area (Å²) in [7, 11) is 0. The van der Waals surface area contributed by atoms with E-state index >= 15 is 0 Å². The monoisotopic (exact) mass is 233 g/mol. The fourth-order valence-corrected chi connectivity index (χ4v) is 4.44. The van der Waals surface area contributed by atoms with E-state index in [4.69, 9.17) is 0 Å². The van der Waals surface area contributed by atoms with E-state index < -0.39 is 0 Å². The summed E-state index contributed by atoms with van der Waals surface area (Å²) >= 11 is 6.65. The van der Waals surface area contributed by atoms with Gasteiger partial charge in [0.2, 0.25) is 0 Å². The molecule has 2 aliphatic heterocycles. The van der Waals surface area contributed by atoms with Crippen molar-refractivity contribution in [1.82, 2.24) is 0 Å². The maximum Gasteiger partial charge on any atom is 0.143 e. The minimum absolute atomic E-state index is 0.503. The summed E-state index contributed by atoms with van der Waals surface area (Å²) in [4.78, 5) is 5.47. The molecule has 63 valence electrons. The molecular formula is C6H5N2S4. The van der Waals surface area contributed by atoms with Crippen molar-refractivity contribution in [2.24, 2.45) is 9.39 Å². The highest BCUT2D eigenvalue weighted by Gasteiger charge is 2.18. The highest BCUT2D eigenvalue weighted by molar-refractivity contribution is 8.27. The van der Waals surface area contributed by atoms with Crippen LogP contribution in [0.15, 0.2) is 19.7 Å². The summed E-state index contributed by atoms with van der Waals surface area (Å²) < 4.78 is 4.43. The van der Waals surface area contributed by atoms with Crippen molar-refractivity contribution in [3.05, 3.63) is 10.3 Å². The van der Waals surface area contributed by atoms with E-state index in [0.717, 1.165) is 5.88 Å². The minimum Gasteiger partial charge on any atom is -0.275 e. The summed E-state index contributed by atoms with van der Waals surface area (Å²) in [5.74, 6) is 0.872. The van der Waals surface area contributed by atoms with Gasteiger partial charge in [-0.15, -0.1) is 11.8 Å². The first-order chi connectivity index (χ1) is 5.97. The lowest BCUT2D eigenvalue weighted by atomic mass is 10.7. The summed E-state index contributed by atoms with van der Waals surface area (Å²) in [5, 5.41) is 2.09. The lowest BCUT2D eigenvalue weighted by molar-refractivity contribution is 1.39. The largest absolute Gasteiger partial charge is 0.275 e. The highest BCUT2D eigenvalue weighted by atomic mass is 32.2. The van der Waals surface area contributed by atoms with Crippen molar-refractivity contribution in [1.29, 1.82) is 0 Å². The number of nitrogens with zero attached hydrogens (tertiary/aromatic N) is 2. The second-order valence-electron chi connectivity index (χ2n) is 1.96. The van der Waals surface area contributed by atoms with Gasteiger partial charge in [0.15, 0.2) is 0 Å². The van der Waals surface area contributed by atoms with Gasteiger partial charge in [0, 0.05) is 22.3 Å². The Morgan fingerprint density at radius 1 is 1.58 bits per heavy atom. The Kier molecular flexibility index (Phi) is 3.50. The van der Waals surface area contributed by atoms with Crippen LogP contribution in [0.25, 0.3) is 0 Å². The van der Waals surface area contributed by atoms with Crippen molar-refractivity contribution >= 4 is 58.3 Å². The number of rotatable bonds is 1. The van der Waals surface area contributed by atoms with Gasteiger partial charge in [-0.05, 0) is 0 Å². The van der Waals surface area contributed by atoms with Gasteiger partial charge in [0.1, 0.15) is 5.55 Å². The predicted molar refractivity (Wildman–Crippen MR) is 63.0 cm³/mol. The number of thioether (sulfide) groups is 3. The van der Waals surface area contributed by atoms with Crippen LogP contribution < -0.4 is 0 Å². The SMILES string of the molecule is [C]1=NSC=C(C2SC=NCS2)S1. The molecule has 1 unspecified atom stereocenters. The van der Waals surface area contributed by atoms with E-state index in [1.807, 2.05) is 17.3 Å².